The SMILES string of the molecule is CC(C)c1nn(C)c(N(C)CCc2cccs2)c1N. The molecule has 0 amide bonds. The number of aromatic nitrogens is 2. The number of hydrogen-bond acceptors (Lipinski definition) is 4. The second-order valence-corrected chi connectivity index (χ2v) is 6.18. The van der Waals surface area contributed by atoms with E-state index in [4.69, 9.17) is 5.73 Å². The third-order valence-corrected chi connectivity index (χ3v) is 4.20. The molecule has 0 aromatic carbocycles. The van der Waals surface area contributed by atoms with Crippen LogP contribution in [0.1, 0.15) is 30.3 Å². The fraction of sp³-hybridized carbons (Fsp3) is 0.500. The molecular weight excluding hydrogens is 256 g/mol. The van der Waals surface area contributed by atoms with Gasteiger partial charge in [-0.15, -0.1) is 11.3 Å². The van der Waals surface area contributed by atoms with E-state index in [0.717, 1.165) is 30.2 Å². The molecule has 2 aromatic heterocycles. The van der Waals surface area contributed by atoms with Crippen molar-refractivity contribution in [1.82, 2.24) is 9.78 Å². The van der Waals surface area contributed by atoms with Gasteiger partial charge in [-0.1, -0.05) is 19.9 Å². The predicted octanol–water partition coefficient (Wildman–Crippen LogP) is 2.87. The molecule has 0 aliphatic rings. The van der Waals surface area contributed by atoms with Crippen molar-refractivity contribution in [3.63, 3.8) is 0 Å². The molecular formula is C14H22N4S. The normalized spacial score (nSPS) is 11.2. The van der Waals surface area contributed by atoms with Gasteiger partial charge in [0.15, 0.2) is 0 Å². The second-order valence-electron chi connectivity index (χ2n) is 5.15. The summed E-state index contributed by atoms with van der Waals surface area (Å²) in [7, 11) is 4.03. The maximum absolute atomic E-state index is 6.23. The van der Waals surface area contributed by atoms with Gasteiger partial charge >= 0.3 is 0 Å². The Kier molecular flexibility index (Phi) is 4.14. The Morgan fingerprint density at radius 3 is 2.74 bits per heavy atom. The summed E-state index contributed by atoms with van der Waals surface area (Å²) in [5.41, 5.74) is 8.03. The first-order valence-electron chi connectivity index (χ1n) is 6.56. The van der Waals surface area contributed by atoms with Gasteiger partial charge in [0.2, 0.25) is 0 Å². The van der Waals surface area contributed by atoms with Crippen LogP contribution in [0.2, 0.25) is 0 Å². The third-order valence-electron chi connectivity index (χ3n) is 3.26. The molecule has 5 heteroatoms. The number of hydrogen-bond donors (Lipinski definition) is 1. The highest BCUT2D eigenvalue weighted by Gasteiger charge is 2.18. The maximum Gasteiger partial charge on any atom is 0.150 e. The molecule has 2 heterocycles. The summed E-state index contributed by atoms with van der Waals surface area (Å²) in [6.07, 6.45) is 1.04. The summed E-state index contributed by atoms with van der Waals surface area (Å²) in [6.45, 7) is 5.18. The van der Waals surface area contributed by atoms with Gasteiger partial charge in [0.1, 0.15) is 5.82 Å². The van der Waals surface area contributed by atoms with Crippen LogP contribution in [-0.2, 0) is 13.5 Å². The Morgan fingerprint density at radius 1 is 1.47 bits per heavy atom. The minimum Gasteiger partial charge on any atom is -0.394 e. The van der Waals surface area contributed by atoms with E-state index < -0.39 is 0 Å². The van der Waals surface area contributed by atoms with Crippen LogP contribution in [0, 0.1) is 0 Å². The molecule has 0 fully saturated rings. The Morgan fingerprint density at radius 2 is 2.21 bits per heavy atom. The molecule has 0 atom stereocenters. The van der Waals surface area contributed by atoms with Crippen molar-refractivity contribution >= 4 is 22.8 Å². The van der Waals surface area contributed by atoms with Gasteiger partial charge in [0.25, 0.3) is 0 Å². The molecule has 0 saturated carbocycles. The standard InChI is InChI=1S/C14H22N4S/c1-10(2)13-12(15)14(18(4)16-13)17(3)8-7-11-6-5-9-19-11/h5-6,9-10H,7-8,15H2,1-4H3. The lowest BCUT2D eigenvalue weighted by molar-refractivity contribution is 0.698. The van der Waals surface area contributed by atoms with Crippen LogP contribution in [-0.4, -0.2) is 23.4 Å². The van der Waals surface area contributed by atoms with E-state index in [2.05, 4.69) is 48.4 Å². The minimum absolute atomic E-state index is 0.352. The van der Waals surface area contributed by atoms with Crippen LogP contribution in [0.5, 0.6) is 0 Å². The summed E-state index contributed by atoms with van der Waals surface area (Å²) >= 11 is 1.80. The van der Waals surface area contributed by atoms with Crippen molar-refractivity contribution < 1.29 is 0 Å². The molecule has 0 spiro atoms. The van der Waals surface area contributed by atoms with Crippen molar-refractivity contribution in [2.75, 3.05) is 24.2 Å². The van der Waals surface area contributed by atoms with Crippen LogP contribution >= 0.6 is 11.3 Å². The number of likely N-dealkylation sites (N-methyl/N-ethyl adjacent to an activating group) is 1. The fourth-order valence-corrected chi connectivity index (χ4v) is 2.97. The molecule has 19 heavy (non-hydrogen) atoms. The Balaban J connectivity index is 2.12. The number of aryl methyl sites for hydroxylation is 1. The van der Waals surface area contributed by atoms with E-state index in [1.54, 1.807) is 11.3 Å². The third kappa shape index (κ3) is 2.92. The van der Waals surface area contributed by atoms with E-state index >= 15 is 0 Å². The number of anilines is 2. The van der Waals surface area contributed by atoms with Gasteiger partial charge in [0.05, 0.1) is 11.4 Å². The number of rotatable bonds is 5. The van der Waals surface area contributed by atoms with Gasteiger partial charge < -0.3 is 10.6 Å². The van der Waals surface area contributed by atoms with Crippen LogP contribution < -0.4 is 10.6 Å². The Hall–Kier alpha value is -1.49. The minimum atomic E-state index is 0.352. The van der Waals surface area contributed by atoms with E-state index in [9.17, 15) is 0 Å². The van der Waals surface area contributed by atoms with Gasteiger partial charge in [-0.2, -0.15) is 5.10 Å². The van der Waals surface area contributed by atoms with Gasteiger partial charge in [0, 0.05) is 25.5 Å². The molecule has 0 unspecified atom stereocenters. The molecule has 0 saturated heterocycles. The topological polar surface area (TPSA) is 47.1 Å². The molecule has 0 aliphatic carbocycles. The van der Waals surface area contributed by atoms with E-state index in [-0.39, 0.29) is 0 Å². The van der Waals surface area contributed by atoms with E-state index in [1.165, 1.54) is 4.88 Å². The molecule has 0 radical (unpaired) electrons. The van der Waals surface area contributed by atoms with Crippen LogP contribution in [0.4, 0.5) is 11.5 Å². The average molecular weight is 278 g/mol. The first-order chi connectivity index (χ1) is 9.00. The van der Waals surface area contributed by atoms with Crippen molar-refractivity contribution in [3.05, 3.63) is 28.1 Å². The molecule has 2 N–H and O–H groups in total. The Labute approximate surface area is 118 Å². The maximum atomic E-state index is 6.23. The van der Waals surface area contributed by atoms with Crippen molar-refractivity contribution in [2.24, 2.45) is 7.05 Å². The van der Waals surface area contributed by atoms with Crippen molar-refractivity contribution in [2.45, 2.75) is 26.2 Å². The zero-order valence-electron chi connectivity index (χ0n) is 12.1. The highest BCUT2D eigenvalue weighted by molar-refractivity contribution is 7.09. The Bertz CT molecular complexity index is 528. The number of nitrogens with two attached hydrogens (primary N) is 1. The predicted molar refractivity (Wildman–Crippen MR) is 83.0 cm³/mol. The quantitative estimate of drug-likeness (QED) is 0.915. The van der Waals surface area contributed by atoms with Gasteiger partial charge in [-0.3, -0.25) is 4.68 Å². The number of nitrogens with zero attached hydrogens (tertiary/aromatic N) is 3. The lowest BCUT2D eigenvalue weighted by Gasteiger charge is -2.19. The smallest absolute Gasteiger partial charge is 0.150 e. The lowest BCUT2D eigenvalue weighted by Crippen LogP contribution is -2.23. The largest absolute Gasteiger partial charge is 0.394 e. The number of nitrogen functional groups attached to an aromatic ring is 1. The van der Waals surface area contributed by atoms with Crippen LogP contribution in [0.25, 0.3) is 0 Å². The molecule has 2 rings (SSSR count). The second kappa shape index (κ2) is 5.65. The molecule has 104 valence electrons. The fourth-order valence-electron chi connectivity index (χ4n) is 2.27. The first-order valence-corrected chi connectivity index (χ1v) is 7.44. The van der Waals surface area contributed by atoms with Gasteiger partial charge in [-0.25, -0.2) is 0 Å². The zero-order valence-corrected chi connectivity index (χ0v) is 12.9. The highest BCUT2D eigenvalue weighted by atomic mass is 32.1. The van der Waals surface area contributed by atoms with E-state index in [1.807, 2.05) is 11.7 Å². The highest BCUT2D eigenvalue weighted by Crippen LogP contribution is 2.30. The summed E-state index contributed by atoms with van der Waals surface area (Å²) < 4.78 is 1.89. The van der Waals surface area contributed by atoms with Crippen LogP contribution in [0.3, 0.4) is 0 Å². The molecule has 0 aliphatic heterocycles. The lowest BCUT2D eigenvalue weighted by atomic mass is 10.1. The molecule has 4 nitrogen and oxygen atoms in total. The molecule has 2 aromatic rings. The monoisotopic (exact) mass is 278 g/mol. The summed E-state index contributed by atoms with van der Waals surface area (Å²) in [5, 5.41) is 6.64. The van der Waals surface area contributed by atoms with Crippen molar-refractivity contribution in [1.29, 1.82) is 0 Å². The summed E-state index contributed by atoms with van der Waals surface area (Å²) in [4.78, 5) is 3.59. The van der Waals surface area contributed by atoms with Crippen molar-refractivity contribution in [3.8, 4) is 0 Å². The number of thiophene rings is 1. The zero-order chi connectivity index (χ0) is 14.0. The summed E-state index contributed by atoms with van der Waals surface area (Å²) in [5.74, 6) is 1.37. The average Bonchev–Trinajstić information content (AvgIpc) is 2.94. The van der Waals surface area contributed by atoms with Gasteiger partial charge in [-0.05, 0) is 23.8 Å². The summed E-state index contributed by atoms with van der Waals surface area (Å²) in [6, 6.07) is 4.26. The van der Waals surface area contributed by atoms with E-state index in [0.29, 0.717) is 5.92 Å². The molecule has 0 bridgehead atoms. The first kappa shape index (κ1) is 13.9. The van der Waals surface area contributed by atoms with Crippen LogP contribution in [0.15, 0.2) is 17.5 Å².